The Kier molecular flexibility index (Phi) is 5.82. The summed E-state index contributed by atoms with van der Waals surface area (Å²) in [6, 6.07) is 8.35. The van der Waals surface area contributed by atoms with Crippen molar-refractivity contribution in [3.05, 3.63) is 29.8 Å². The minimum absolute atomic E-state index is 0.0458. The van der Waals surface area contributed by atoms with Crippen LogP contribution >= 0.6 is 0 Å². The lowest BCUT2D eigenvalue weighted by Crippen LogP contribution is -2.56. The number of aryl methyl sites for hydroxylation is 1. The van der Waals surface area contributed by atoms with E-state index in [2.05, 4.69) is 10.2 Å². The van der Waals surface area contributed by atoms with Crippen LogP contribution in [0.1, 0.15) is 24.8 Å². The highest BCUT2D eigenvalue weighted by Gasteiger charge is 2.33. The van der Waals surface area contributed by atoms with Gasteiger partial charge in [0.05, 0.1) is 6.04 Å². The number of benzene rings is 1. The Balaban J connectivity index is 1.27. The summed E-state index contributed by atoms with van der Waals surface area (Å²) in [5, 5.41) is 3.07. The van der Waals surface area contributed by atoms with E-state index in [1.54, 1.807) is 4.90 Å². The van der Waals surface area contributed by atoms with Crippen LogP contribution in [-0.4, -0.2) is 79.8 Å². The van der Waals surface area contributed by atoms with Crippen molar-refractivity contribution >= 4 is 17.6 Å². The van der Waals surface area contributed by atoms with E-state index in [4.69, 9.17) is 4.74 Å². The highest BCUT2D eigenvalue weighted by molar-refractivity contribution is 5.96. The quantitative estimate of drug-likeness (QED) is 0.857. The molecule has 1 aromatic rings. The van der Waals surface area contributed by atoms with Crippen molar-refractivity contribution in [2.45, 2.75) is 38.3 Å². The monoisotopic (exact) mass is 386 g/mol. The molecule has 3 heterocycles. The average Bonchev–Trinajstić information content (AvgIpc) is 3.09. The van der Waals surface area contributed by atoms with Crippen LogP contribution in [0.5, 0.6) is 0 Å². The van der Waals surface area contributed by atoms with Gasteiger partial charge in [0.2, 0.25) is 5.91 Å². The fourth-order valence-corrected chi connectivity index (χ4v) is 4.46. The first-order valence-electron chi connectivity index (χ1n) is 10.3. The molecule has 0 saturated carbocycles. The zero-order valence-electron chi connectivity index (χ0n) is 16.6. The van der Waals surface area contributed by atoms with E-state index in [0.717, 1.165) is 63.5 Å². The topological polar surface area (TPSA) is 65.1 Å². The molecule has 0 aromatic heterocycles. The Morgan fingerprint density at radius 2 is 1.89 bits per heavy atom. The summed E-state index contributed by atoms with van der Waals surface area (Å²) in [4.78, 5) is 31.3. The number of anilines is 1. The highest BCUT2D eigenvalue weighted by Crippen LogP contribution is 2.23. The fraction of sp³-hybridized carbons (Fsp3) is 0.619. The first kappa shape index (κ1) is 19.2. The third-order valence-corrected chi connectivity index (χ3v) is 6.07. The predicted octanol–water partition coefficient (Wildman–Crippen LogP) is 1.61. The van der Waals surface area contributed by atoms with Gasteiger partial charge in [-0.15, -0.1) is 0 Å². The van der Waals surface area contributed by atoms with Crippen molar-refractivity contribution in [2.75, 3.05) is 50.8 Å². The van der Waals surface area contributed by atoms with Crippen molar-refractivity contribution in [3.8, 4) is 0 Å². The minimum atomic E-state index is -0.131. The maximum absolute atomic E-state index is 12.7. The summed E-state index contributed by atoms with van der Waals surface area (Å²) in [6.07, 6.45) is 2.54. The van der Waals surface area contributed by atoms with Gasteiger partial charge in [-0.1, -0.05) is 12.1 Å². The third kappa shape index (κ3) is 4.31. The summed E-state index contributed by atoms with van der Waals surface area (Å²) in [6.45, 7) is 7.56. The summed E-state index contributed by atoms with van der Waals surface area (Å²) < 4.78 is 5.45. The van der Waals surface area contributed by atoms with Gasteiger partial charge in [-0.3, -0.25) is 9.69 Å². The lowest BCUT2D eigenvalue weighted by Gasteiger charge is -2.40. The Hall–Kier alpha value is -2.12. The number of amides is 3. The van der Waals surface area contributed by atoms with E-state index >= 15 is 0 Å². The van der Waals surface area contributed by atoms with Gasteiger partial charge in [-0.2, -0.15) is 0 Å². The smallest absolute Gasteiger partial charge is 0.317 e. The van der Waals surface area contributed by atoms with Gasteiger partial charge in [-0.05, 0) is 37.5 Å². The van der Waals surface area contributed by atoms with E-state index < -0.39 is 0 Å². The molecule has 3 aliphatic rings. The molecule has 3 fully saturated rings. The number of hydrogen-bond donors (Lipinski definition) is 1. The molecule has 0 aliphatic carbocycles. The number of piperazine rings is 1. The average molecular weight is 386 g/mol. The summed E-state index contributed by atoms with van der Waals surface area (Å²) in [7, 11) is 0. The van der Waals surface area contributed by atoms with E-state index in [1.165, 1.54) is 0 Å². The van der Waals surface area contributed by atoms with Gasteiger partial charge in [0, 0.05) is 64.1 Å². The van der Waals surface area contributed by atoms with Crippen LogP contribution in [0.4, 0.5) is 10.5 Å². The molecule has 0 bridgehead atoms. The van der Waals surface area contributed by atoms with Crippen LogP contribution < -0.4 is 10.2 Å². The van der Waals surface area contributed by atoms with E-state index in [1.807, 2.05) is 36.1 Å². The number of urea groups is 1. The van der Waals surface area contributed by atoms with Crippen LogP contribution in [0, 0.1) is 6.92 Å². The second-order valence-corrected chi connectivity index (χ2v) is 8.06. The Bertz CT molecular complexity index is 711. The molecule has 3 amide bonds. The molecule has 1 aromatic carbocycles. The Morgan fingerprint density at radius 1 is 1.14 bits per heavy atom. The maximum Gasteiger partial charge on any atom is 0.317 e. The van der Waals surface area contributed by atoms with Crippen molar-refractivity contribution in [1.82, 2.24) is 15.1 Å². The third-order valence-electron chi connectivity index (χ3n) is 6.07. The van der Waals surface area contributed by atoms with Crippen molar-refractivity contribution in [1.29, 1.82) is 0 Å². The predicted molar refractivity (Wildman–Crippen MR) is 107 cm³/mol. The summed E-state index contributed by atoms with van der Waals surface area (Å²) in [5.41, 5.74) is 2.03. The number of hydrogen-bond acceptors (Lipinski definition) is 4. The van der Waals surface area contributed by atoms with Gasteiger partial charge in [-0.25, -0.2) is 4.79 Å². The number of rotatable bonds is 3. The Labute approximate surface area is 166 Å². The molecule has 28 heavy (non-hydrogen) atoms. The molecular weight excluding hydrogens is 356 g/mol. The molecule has 1 atom stereocenters. The van der Waals surface area contributed by atoms with Gasteiger partial charge in [0.1, 0.15) is 0 Å². The number of carbonyl (C=O) groups is 2. The zero-order valence-corrected chi connectivity index (χ0v) is 16.6. The van der Waals surface area contributed by atoms with E-state index in [-0.39, 0.29) is 18.0 Å². The lowest BCUT2D eigenvalue weighted by molar-refractivity contribution is -0.117. The molecule has 3 aliphatic heterocycles. The van der Waals surface area contributed by atoms with Crippen LogP contribution in [0.15, 0.2) is 24.3 Å². The largest absolute Gasteiger partial charge is 0.381 e. The summed E-state index contributed by atoms with van der Waals surface area (Å²) in [5.74, 6) is 0.0697. The SMILES string of the molecule is Cc1cccc(N2C[C@H](NC(=O)N3CCN(C4CCOCC4)CC3)CC2=O)c1. The number of carbonyl (C=O) groups excluding carboxylic acids is 2. The van der Waals surface area contributed by atoms with Gasteiger partial charge in [0.25, 0.3) is 0 Å². The van der Waals surface area contributed by atoms with Crippen LogP contribution in [0.3, 0.4) is 0 Å². The van der Waals surface area contributed by atoms with E-state index in [9.17, 15) is 9.59 Å². The van der Waals surface area contributed by atoms with Gasteiger partial charge in [0.15, 0.2) is 0 Å². The van der Waals surface area contributed by atoms with Crippen molar-refractivity contribution in [2.24, 2.45) is 0 Å². The van der Waals surface area contributed by atoms with Crippen LogP contribution in [-0.2, 0) is 9.53 Å². The molecule has 1 N–H and O–H groups in total. The number of nitrogens with one attached hydrogen (secondary N) is 1. The van der Waals surface area contributed by atoms with Crippen LogP contribution in [0.2, 0.25) is 0 Å². The zero-order chi connectivity index (χ0) is 19.5. The van der Waals surface area contributed by atoms with Crippen molar-refractivity contribution in [3.63, 3.8) is 0 Å². The maximum atomic E-state index is 12.7. The fourth-order valence-electron chi connectivity index (χ4n) is 4.46. The molecule has 0 spiro atoms. The van der Waals surface area contributed by atoms with Gasteiger partial charge < -0.3 is 19.9 Å². The first-order chi connectivity index (χ1) is 13.6. The van der Waals surface area contributed by atoms with Crippen LogP contribution in [0.25, 0.3) is 0 Å². The minimum Gasteiger partial charge on any atom is -0.381 e. The lowest BCUT2D eigenvalue weighted by atomic mass is 10.1. The van der Waals surface area contributed by atoms with Gasteiger partial charge >= 0.3 is 6.03 Å². The molecule has 0 radical (unpaired) electrons. The molecule has 4 rings (SSSR count). The van der Waals surface area contributed by atoms with E-state index in [0.29, 0.717) is 19.0 Å². The highest BCUT2D eigenvalue weighted by atomic mass is 16.5. The van der Waals surface area contributed by atoms with Crippen molar-refractivity contribution < 1.29 is 14.3 Å². The molecule has 0 unspecified atom stereocenters. The molecule has 3 saturated heterocycles. The first-order valence-corrected chi connectivity index (χ1v) is 10.3. The Morgan fingerprint density at radius 3 is 2.61 bits per heavy atom. The standard InChI is InChI=1S/C21H30N4O3/c1-16-3-2-4-19(13-16)25-15-17(14-20(25)26)22-21(27)24-9-7-23(8-10-24)18-5-11-28-12-6-18/h2-4,13,17-18H,5-12,14-15H2,1H3,(H,22,27)/t17-/m1/s1. The molecule has 7 heteroatoms. The molecular formula is C21H30N4O3. The summed E-state index contributed by atoms with van der Waals surface area (Å²) >= 11 is 0. The second-order valence-electron chi connectivity index (χ2n) is 8.06. The normalized spacial score (nSPS) is 24.6. The molecule has 7 nitrogen and oxygen atoms in total. The number of ether oxygens (including phenoxy) is 1. The number of nitrogens with zero attached hydrogens (tertiary/aromatic N) is 3. The molecule has 152 valence electrons. The second kappa shape index (κ2) is 8.49.